The monoisotopic (exact) mass is 187 g/mol. The molecule has 0 aromatic carbocycles. The lowest BCUT2D eigenvalue weighted by Gasteiger charge is -1.92. The van der Waals surface area contributed by atoms with Crippen molar-refractivity contribution in [2.45, 2.75) is 6.92 Å². The van der Waals surface area contributed by atoms with Crippen molar-refractivity contribution in [1.82, 2.24) is 10.3 Å². The van der Waals surface area contributed by atoms with Gasteiger partial charge in [-0.3, -0.25) is 9.78 Å². The Kier molecular flexibility index (Phi) is 2.10. The fraction of sp³-hybridized carbons (Fsp3) is 0.100. The largest absolute Gasteiger partial charge is 0.309 e. The first-order chi connectivity index (χ1) is 6.75. The second-order valence-electron chi connectivity index (χ2n) is 2.97. The van der Waals surface area contributed by atoms with Crippen molar-refractivity contribution in [2.24, 2.45) is 4.99 Å². The Labute approximate surface area is 81.4 Å². The number of carbonyl (C=O) groups is 1. The van der Waals surface area contributed by atoms with Crippen LogP contribution in [0.4, 0.5) is 0 Å². The second-order valence-corrected chi connectivity index (χ2v) is 2.97. The molecule has 1 aromatic heterocycles. The molecule has 4 heteroatoms. The summed E-state index contributed by atoms with van der Waals surface area (Å²) in [5.41, 5.74) is 1.30. The van der Waals surface area contributed by atoms with E-state index in [4.69, 9.17) is 0 Å². The van der Waals surface area contributed by atoms with E-state index in [9.17, 15) is 4.79 Å². The van der Waals surface area contributed by atoms with E-state index < -0.39 is 0 Å². The standard InChI is InChI=1S/C10H9N3O/c1-7-12-9(10(14)13-7)5-8-3-2-4-11-6-8/h2-6H,1H3,(H,12,13,14)/b9-5-. The maximum absolute atomic E-state index is 11.3. The van der Waals surface area contributed by atoms with E-state index in [2.05, 4.69) is 15.3 Å². The Hall–Kier alpha value is -1.97. The normalized spacial score (nSPS) is 18.2. The molecule has 70 valence electrons. The number of nitrogens with one attached hydrogen (secondary N) is 1. The topological polar surface area (TPSA) is 54.4 Å². The number of pyridine rings is 1. The minimum absolute atomic E-state index is 0.161. The molecular weight excluding hydrogens is 178 g/mol. The third-order valence-corrected chi connectivity index (χ3v) is 1.80. The molecule has 1 amide bonds. The average Bonchev–Trinajstić information content (AvgIpc) is 2.47. The summed E-state index contributed by atoms with van der Waals surface area (Å²) >= 11 is 0. The number of hydrogen-bond donors (Lipinski definition) is 1. The zero-order chi connectivity index (χ0) is 9.97. The summed E-state index contributed by atoms with van der Waals surface area (Å²) in [6.45, 7) is 1.75. The zero-order valence-corrected chi connectivity index (χ0v) is 7.69. The van der Waals surface area contributed by atoms with Crippen LogP contribution in [0.1, 0.15) is 12.5 Å². The summed E-state index contributed by atoms with van der Waals surface area (Å²) in [4.78, 5) is 19.3. The molecule has 1 aromatic rings. The molecular formula is C10H9N3O. The average molecular weight is 187 g/mol. The molecule has 0 aliphatic carbocycles. The van der Waals surface area contributed by atoms with Crippen molar-refractivity contribution in [1.29, 1.82) is 0 Å². The molecule has 1 N–H and O–H groups in total. The maximum Gasteiger partial charge on any atom is 0.275 e. The van der Waals surface area contributed by atoms with E-state index in [1.807, 2.05) is 12.1 Å². The van der Waals surface area contributed by atoms with Crippen LogP contribution in [-0.4, -0.2) is 16.7 Å². The van der Waals surface area contributed by atoms with Crippen molar-refractivity contribution in [2.75, 3.05) is 0 Å². The number of amidine groups is 1. The van der Waals surface area contributed by atoms with Gasteiger partial charge < -0.3 is 5.32 Å². The number of amides is 1. The highest BCUT2D eigenvalue weighted by Gasteiger charge is 2.16. The fourth-order valence-corrected chi connectivity index (χ4v) is 1.20. The van der Waals surface area contributed by atoms with Crippen molar-refractivity contribution >= 4 is 17.8 Å². The molecule has 0 bridgehead atoms. The van der Waals surface area contributed by atoms with Crippen molar-refractivity contribution in [3.63, 3.8) is 0 Å². The van der Waals surface area contributed by atoms with Crippen LogP contribution < -0.4 is 5.32 Å². The summed E-state index contributed by atoms with van der Waals surface area (Å²) in [6.07, 6.45) is 5.08. The summed E-state index contributed by atoms with van der Waals surface area (Å²) < 4.78 is 0. The molecule has 0 radical (unpaired) electrons. The van der Waals surface area contributed by atoms with Gasteiger partial charge in [-0.2, -0.15) is 0 Å². The van der Waals surface area contributed by atoms with Crippen LogP contribution in [0.3, 0.4) is 0 Å². The van der Waals surface area contributed by atoms with E-state index in [0.717, 1.165) is 5.56 Å². The minimum Gasteiger partial charge on any atom is -0.309 e. The molecule has 2 heterocycles. The van der Waals surface area contributed by atoms with Crippen molar-refractivity contribution < 1.29 is 4.79 Å². The predicted molar refractivity (Wildman–Crippen MR) is 53.5 cm³/mol. The van der Waals surface area contributed by atoms with Gasteiger partial charge in [0.15, 0.2) is 0 Å². The lowest BCUT2D eigenvalue weighted by Crippen LogP contribution is -2.21. The van der Waals surface area contributed by atoms with Gasteiger partial charge in [-0.25, -0.2) is 4.99 Å². The van der Waals surface area contributed by atoms with Crippen LogP contribution in [-0.2, 0) is 4.79 Å². The van der Waals surface area contributed by atoms with E-state index in [0.29, 0.717) is 11.5 Å². The Bertz CT molecular complexity index is 420. The third-order valence-electron chi connectivity index (χ3n) is 1.80. The maximum atomic E-state index is 11.3. The molecule has 0 spiro atoms. The van der Waals surface area contributed by atoms with Crippen molar-refractivity contribution in [3.05, 3.63) is 35.8 Å². The number of aromatic nitrogens is 1. The number of carbonyl (C=O) groups excluding carboxylic acids is 1. The number of aliphatic imine (C=N–C) groups is 1. The molecule has 0 fully saturated rings. The van der Waals surface area contributed by atoms with Crippen LogP contribution in [0.15, 0.2) is 35.2 Å². The SMILES string of the molecule is CC1=N/C(=C\c2cccnc2)C(=O)N1. The quantitative estimate of drug-likeness (QED) is 0.666. The highest BCUT2D eigenvalue weighted by molar-refractivity contribution is 6.13. The molecule has 0 saturated carbocycles. The van der Waals surface area contributed by atoms with Gasteiger partial charge in [0.05, 0.1) is 0 Å². The summed E-state index contributed by atoms with van der Waals surface area (Å²) in [5, 5.41) is 2.61. The van der Waals surface area contributed by atoms with Crippen LogP contribution in [0.5, 0.6) is 0 Å². The van der Waals surface area contributed by atoms with Gasteiger partial charge >= 0.3 is 0 Å². The summed E-state index contributed by atoms with van der Waals surface area (Å²) in [5.74, 6) is 0.469. The van der Waals surface area contributed by atoms with Gasteiger partial charge in [-0.1, -0.05) is 6.07 Å². The molecule has 1 aliphatic heterocycles. The molecule has 0 saturated heterocycles. The Morgan fingerprint density at radius 1 is 1.50 bits per heavy atom. The first-order valence-corrected chi connectivity index (χ1v) is 4.24. The number of nitrogens with zero attached hydrogens (tertiary/aromatic N) is 2. The molecule has 1 aliphatic rings. The van der Waals surface area contributed by atoms with Crippen molar-refractivity contribution in [3.8, 4) is 0 Å². The van der Waals surface area contributed by atoms with Crippen LogP contribution in [0.25, 0.3) is 6.08 Å². The van der Waals surface area contributed by atoms with Gasteiger partial charge in [0.1, 0.15) is 11.5 Å². The van der Waals surface area contributed by atoms with Gasteiger partial charge in [-0.05, 0) is 24.6 Å². The first-order valence-electron chi connectivity index (χ1n) is 4.24. The molecule has 2 rings (SSSR count). The molecule has 4 nitrogen and oxygen atoms in total. The first kappa shape index (κ1) is 8.62. The van der Waals surface area contributed by atoms with Gasteiger partial charge in [-0.15, -0.1) is 0 Å². The molecule has 14 heavy (non-hydrogen) atoms. The fourth-order valence-electron chi connectivity index (χ4n) is 1.20. The number of hydrogen-bond acceptors (Lipinski definition) is 3. The predicted octanol–water partition coefficient (Wildman–Crippen LogP) is 0.971. The van der Waals surface area contributed by atoms with Gasteiger partial charge in [0.25, 0.3) is 5.91 Å². The lowest BCUT2D eigenvalue weighted by atomic mass is 10.2. The Balaban J connectivity index is 2.32. The van der Waals surface area contributed by atoms with E-state index >= 15 is 0 Å². The second kappa shape index (κ2) is 3.41. The summed E-state index contributed by atoms with van der Waals surface area (Å²) in [6, 6.07) is 3.69. The van der Waals surface area contributed by atoms with Gasteiger partial charge in [0.2, 0.25) is 0 Å². The minimum atomic E-state index is -0.161. The van der Waals surface area contributed by atoms with Crippen LogP contribution in [0.2, 0.25) is 0 Å². The Morgan fingerprint density at radius 2 is 2.36 bits per heavy atom. The molecule has 0 atom stereocenters. The zero-order valence-electron chi connectivity index (χ0n) is 7.69. The van der Waals surface area contributed by atoms with Crippen LogP contribution >= 0.6 is 0 Å². The van der Waals surface area contributed by atoms with Crippen LogP contribution in [0, 0.1) is 0 Å². The van der Waals surface area contributed by atoms with E-state index in [1.165, 1.54) is 0 Å². The third kappa shape index (κ3) is 1.69. The van der Waals surface area contributed by atoms with Gasteiger partial charge in [0, 0.05) is 12.4 Å². The highest BCUT2D eigenvalue weighted by Crippen LogP contribution is 2.10. The molecule has 0 unspecified atom stereocenters. The van der Waals surface area contributed by atoms with E-state index in [-0.39, 0.29) is 5.91 Å². The Morgan fingerprint density at radius 3 is 2.93 bits per heavy atom. The highest BCUT2D eigenvalue weighted by atomic mass is 16.2. The van der Waals surface area contributed by atoms with E-state index in [1.54, 1.807) is 25.4 Å². The lowest BCUT2D eigenvalue weighted by molar-refractivity contribution is -0.115. The summed E-state index contributed by atoms with van der Waals surface area (Å²) in [7, 11) is 0. The smallest absolute Gasteiger partial charge is 0.275 e. The number of rotatable bonds is 1.